The molecule has 0 amide bonds. The largest absolute Gasteiger partial charge is 0.495 e. The van der Waals surface area contributed by atoms with E-state index in [4.69, 9.17) is 15.2 Å². The van der Waals surface area contributed by atoms with Crippen LogP contribution in [0.3, 0.4) is 0 Å². The van der Waals surface area contributed by atoms with Crippen molar-refractivity contribution in [3.8, 4) is 5.75 Å². The van der Waals surface area contributed by atoms with E-state index in [0.717, 1.165) is 30.8 Å². The van der Waals surface area contributed by atoms with Crippen molar-refractivity contribution >= 4 is 0 Å². The second-order valence-electron chi connectivity index (χ2n) is 6.49. The van der Waals surface area contributed by atoms with Gasteiger partial charge in [-0.25, -0.2) is 0 Å². The smallest absolute Gasteiger partial charge is 0.141 e. The number of pyridine rings is 1. The van der Waals surface area contributed by atoms with E-state index in [2.05, 4.69) is 4.98 Å². The zero-order chi connectivity index (χ0) is 14.7. The lowest BCUT2D eigenvalue weighted by Gasteiger charge is -2.45. The molecule has 4 nitrogen and oxygen atoms in total. The number of ether oxygens (including phenoxy) is 2. The van der Waals surface area contributed by atoms with E-state index < -0.39 is 0 Å². The van der Waals surface area contributed by atoms with Crippen LogP contribution in [-0.4, -0.2) is 24.3 Å². The first-order valence-corrected chi connectivity index (χ1v) is 8.11. The van der Waals surface area contributed by atoms with Crippen molar-refractivity contribution in [2.75, 3.05) is 13.7 Å². The summed E-state index contributed by atoms with van der Waals surface area (Å²) in [7, 11) is 1.68. The molecule has 2 atom stereocenters. The van der Waals surface area contributed by atoms with Gasteiger partial charge in [0, 0.05) is 24.4 Å². The maximum absolute atomic E-state index is 6.57. The molecule has 0 bridgehead atoms. The molecule has 1 aromatic heterocycles. The molecule has 116 valence electrons. The highest BCUT2D eigenvalue weighted by molar-refractivity contribution is 5.33. The Balaban J connectivity index is 1.76. The standard InChI is InChI=1S/C17H26N2O2/c1-20-15-12-19-9-5-14(15)16(18)13-6-10-21-17(11-13)7-3-2-4-8-17/h5,9,12-13,16H,2-4,6-8,10-11,18H2,1H3. The lowest BCUT2D eigenvalue weighted by atomic mass is 9.73. The predicted molar refractivity (Wildman–Crippen MR) is 82.2 cm³/mol. The van der Waals surface area contributed by atoms with Crippen LogP contribution >= 0.6 is 0 Å². The molecule has 3 rings (SSSR count). The van der Waals surface area contributed by atoms with E-state index in [-0.39, 0.29) is 11.6 Å². The number of nitrogens with two attached hydrogens (primary N) is 1. The van der Waals surface area contributed by atoms with E-state index in [1.165, 1.54) is 32.1 Å². The number of hydrogen-bond donors (Lipinski definition) is 1. The van der Waals surface area contributed by atoms with Crippen LogP contribution in [0.15, 0.2) is 18.5 Å². The molecule has 2 heterocycles. The Bertz CT molecular complexity index is 466. The summed E-state index contributed by atoms with van der Waals surface area (Å²) in [5.41, 5.74) is 7.74. The molecule has 1 saturated carbocycles. The topological polar surface area (TPSA) is 57.4 Å². The molecule has 1 spiro atoms. The number of rotatable bonds is 3. The third kappa shape index (κ3) is 3.06. The van der Waals surface area contributed by atoms with E-state index in [9.17, 15) is 0 Å². The third-order valence-electron chi connectivity index (χ3n) is 5.20. The molecule has 2 N–H and O–H groups in total. The summed E-state index contributed by atoms with van der Waals surface area (Å²) < 4.78 is 11.6. The van der Waals surface area contributed by atoms with Gasteiger partial charge in [-0.05, 0) is 37.7 Å². The quantitative estimate of drug-likeness (QED) is 0.928. The number of methoxy groups -OCH3 is 1. The van der Waals surface area contributed by atoms with Gasteiger partial charge in [-0.2, -0.15) is 0 Å². The lowest BCUT2D eigenvalue weighted by molar-refractivity contribution is -0.120. The van der Waals surface area contributed by atoms with Gasteiger partial charge in [0.1, 0.15) is 5.75 Å². The SMILES string of the molecule is COc1cnccc1C(N)C1CCOC2(CCCCC2)C1. The molecule has 21 heavy (non-hydrogen) atoms. The molecular weight excluding hydrogens is 264 g/mol. The van der Waals surface area contributed by atoms with Crippen molar-refractivity contribution in [2.45, 2.75) is 56.6 Å². The molecule has 1 saturated heterocycles. The Morgan fingerprint density at radius 1 is 1.38 bits per heavy atom. The third-order valence-corrected chi connectivity index (χ3v) is 5.20. The molecule has 2 aliphatic rings. The average Bonchev–Trinajstić information content (AvgIpc) is 2.55. The van der Waals surface area contributed by atoms with Crippen LogP contribution in [0.2, 0.25) is 0 Å². The van der Waals surface area contributed by atoms with Crippen molar-refractivity contribution in [3.05, 3.63) is 24.0 Å². The van der Waals surface area contributed by atoms with Gasteiger partial charge in [-0.1, -0.05) is 19.3 Å². The summed E-state index contributed by atoms with van der Waals surface area (Å²) in [6.45, 7) is 0.839. The molecule has 0 aromatic carbocycles. The first-order valence-electron chi connectivity index (χ1n) is 8.11. The Labute approximate surface area is 127 Å². The summed E-state index contributed by atoms with van der Waals surface area (Å²) in [6, 6.07) is 2.00. The van der Waals surface area contributed by atoms with Crippen LogP contribution < -0.4 is 10.5 Å². The predicted octanol–water partition coefficient (Wildman–Crippen LogP) is 3.22. The summed E-state index contributed by atoms with van der Waals surface area (Å²) in [5.74, 6) is 1.27. The number of nitrogens with zero attached hydrogens (tertiary/aromatic N) is 1. The van der Waals surface area contributed by atoms with Gasteiger partial charge in [0.2, 0.25) is 0 Å². The fourth-order valence-corrected chi connectivity index (χ4v) is 4.01. The van der Waals surface area contributed by atoms with Gasteiger partial charge in [0.05, 0.1) is 18.9 Å². The van der Waals surface area contributed by atoms with Gasteiger partial charge in [-0.3, -0.25) is 4.98 Å². The van der Waals surface area contributed by atoms with E-state index in [1.807, 2.05) is 6.07 Å². The molecule has 2 fully saturated rings. The van der Waals surface area contributed by atoms with Gasteiger partial charge in [-0.15, -0.1) is 0 Å². The Hall–Kier alpha value is -1.13. The number of hydrogen-bond acceptors (Lipinski definition) is 4. The Morgan fingerprint density at radius 3 is 2.95 bits per heavy atom. The van der Waals surface area contributed by atoms with E-state index >= 15 is 0 Å². The first kappa shape index (κ1) is 14.8. The fourth-order valence-electron chi connectivity index (χ4n) is 4.01. The van der Waals surface area contributed by atoms with Gasteiger partial charge in [0.25, 0.3) is 0 Å². The van der Waals surface area contributed by atoms with Crippen molar-refractivity contribution in [1.82, 2.24) is 4.98 Å². The second kappa shape index (κ2) is 6.32. The molecule has 1 aliphatic heterocycles. The minimum atomic E-state index is 0.00523. The maximum Gasteiger partial charge on any atom is 0.141 e. The van der Waals surface area contributed by atoms with Crippen LogP contribution in [0.4, 0.5) is 0 Å². The van der Waals surface area contributed by atoms with Crippen LogP contribution in [-0.2, 0) is 4.74 Å². The van der Waals surface area contributed by atoms with Crippen LogP contribution in [0.1, 0.15) is 56.6 Å². The summed E-state index contributed by atoms with van der Waals surface area (Å²) >= 11 is 0. The van der Waals surface area contributed by atoms with Crippen LogP contribution in [0.5, 0.6) is 5.75 Å². The fraction of sp³-hybridized carbons (Fsp3) is 0.706. The van der Waals surface area contributed by atoms with Crippen molar-refractivity contribution in [2.24, 2.45) is 11.7 Å². The Morgan fingerprint density at radius 2 is 2.19 bits per heavy atom. The molecule has 1 aliphatic carbocycles. The Kier molecular flexibility index (Phi) is 4.45. The highest BCUT2D eigenvalue weighted by atomic mass is 16.5. The van der Waals surface area contributed by atoms with E-state index in [1.54, 1.807) is 19.5 Å². The molecular formula is C17H26N2O2. The normalized spacial score (nSPS) is 26.5. The highest BCUT2D eigenvalue weighted by Crippen LogP contribution is 2.44. The first-order chi connectivity index (χ1) is 10.2. The minimum absolute atomic E-state index is 0.00523. The zero-order valence-corrected chi connectivity index (χ0v) is 12.9. The van der Waals surface area contributed by atoms with Crippen molar-refractivity contribution in [3.63, 3.8) is 0 Å². The average molecular weight is 290 g/mol. The summed E-state index contributed by atoms with van der Waals surface area (Å²) in [5, 5.41) is 0. The molecule has 4 heteroatoms. The van der Waals surface area contributed by atoms with E-state index in [0.29, 0.717) is 5.92 Å². The van der Waals surface area contributed by atoms with Crippen LogP contribution in [0.25, 0.3) is 0 Å². The minimum Gasteiger partial charge on any atom is -0.495 e. The maximum atomic E-state index is 6.57. The van der Waals surface area contributed by atoms with Crippen molar-refractivity contribution < 1.29 is 9.47 Å². The monoisotopic (exact) mass is 290 g/mol. The van der Waals surface area contributed by atoms with Gasteiger partial charge < -0.3 is 15.2 Å². The van der Waals surface area contributed by atoms with Gasteiger partial charge in [0.15, 0.2) is 0 Å². The molecule has 0 radical (unpaired) electrons. The van der Waals surface area contributed by atoms with Crippen LogP contribution in [0, 0.1) is 5.92 Å². The van der Waals surface area contributed by atoms with Crippen molar-refractivity contribution in [1.29, 1.82) is 0 Å². The highest BCUT2D eigenvalue weighted by Gasteiger charge is 2.40. The zero-order valence-electron chi connectivity index (χ0n) is 12.9. The van der Waals surface area contributed by atoms with Gasteiger partial charge >= 0.3 is 0 Å². The molecule has 2 unspecified atom stereocenters. The number of aromatic nitrogens is 1. The summed E-state index contributed by atoms with van der Waals surface area (Å²) in [4.78, 5) is 4.12. The summed E-state index contributed by atoms with van der Waals surface area (Å²) in [6.07, 6.45) is 12.0. The second-order valence-corrected chi connectivity index (χ2v) is 6.49. The lowest BCUT2D eigenvalue weighted by Crippen LogP contribution is -2.44. The molecule has 1 aromatic rings.